The lowest BCUT2D eigenvalue weighted by molar-refractivity contribution is 0.0729. The largest absolute Gasteiger partial charge is 0.423 e. The standard InChI is InChI=1S/C23H17FO3/c1-16-6-11-18(12-7-16)22(25)15-10-17-8-13-19(14-9-17)27-23(26)20-4-2-3-5-21(20)24/h2-15H,1H3/b15-10+. The number of hydrogen-bond acceptors (Lipinski definition) is 3. The Morgan fingerprint density at radius 1 is 0.889 bits per heavy atom. The van der Waals surface area contributed by atoms with Gasteiger partial charge in [0.15, 0.2) is 5.78 Å². The number of carbonyl (C=O) groups is 2. The maximum Gasteiger partial charge on any atom is 0.346 e. The number of allylic oxidation sites excluding steroid dienone is 1. The van der Waals surface area contributed by atoms with Crippen LogP contribution in [0.5, 0.6) is 5.75 Å². The summed E-state index contributed by atoms with van der Waals surface area (Å²) in [4.78, 5) is 24.1. The van der Waals surface area contributed by atoms with Crippen LogP contribution in [0.1, 0.15) is 31.8 Å². The van der Waals surface area contributed by atoms with Crippen molar-refractivity contribution in [1.29, 1.82) is 0 Å². The molecule has 0 bridgehead atoms. The maximum absolute atomic E-state index is 13.6. The van der Waals surface area contributed by atoms with Gasteiger partial charge in [0, 0.05) is 5.56 Å². The molecule has 0 unspecified atom stereocenters. The van der Waals surface area contributed by atoms with E-state index in [1.807, 2.05) is 19.1 Å². The Morgan fingerprint density at radius 2 is 1.56 bits per heavy atom. The Labute approximate surface area is 156 Å². The van der Waals surface area contributed by atoms with Crippen LogP contribution in [0.4, 0.5) is 4.39 Å². The molecule has 0 aliphatic heterocycles. The zero-order chi connectivity index (χ0) is 19.2. The van der Waals surface area contributed by atoms with E-state index in [-0.39, 0.29) is 11.3 Å². The maximum atomic E-state index is 13.6. The number of rotatable bonds is 5. The van der Waals surface area contributed by atoms with Crippen LogP contribution in [0.3, 0.4) is 0 Å². The second-order valence-corrected chi connectivity index (χ2v) is 6.00. The molecule has 134 valence electrons. The summed E-state index contributed by atoms with van der Waals surface area (Å²) in [5.74, 6) is -1.18. The van der Waals surface area contributed by atoms with Crippen molar-refractivity contribution in [3.63, 3.8) is 0 Å². The monoisotopic (exact) mass is 360 g/mol. The molecule has 0 amide bonds. The molecule has 3 nitrogen and oxygen atoms in total. The Bertz CT molecular complexity index is 987. The second-order valence-electron chi connectivity index (χ2n) is 6.00. The van der Waals surface area contributed by atoms with E-state index < -0.39 is 11.8 Å². The van der Waals surface area contributed by atoms with E-state index in [4.69, 9.17) is 4.74 Å². The molecule has 0 spiro atoms. The highest BCUT2D eigenvalue weighted by Gasteiger charge is 2.13. The molecule has 0 N–H and O–H groups in total. The van der Waals surface area contributed by atoms with Gasteiger partial charge in [-0.15, -0.1) is 0 Å². The summed E-state index contributed by atoms with van der Waals surface area (Å²) in [7, 11) is 0. The molecule has 0 radical (unpaired) electrons. The first kappa shape index (κ1) is 18.3. The zero-order valence-corrected chi connectivity index (χ0v) is 14.7. The highest BCUT2D eigenvalue weighted by molar-refractivity contribution is 6.06. The highest BCUT2D eigenvalue weighted by Crippen LogP contribution is 2.17. The summed E-state index contributed by atoms with van der Waals surface area (Å²) < 4.78 is 18.8. The third-order valence-electron chi connectivity index (χ3n) is 3.95. The molecule has 0 aromatic heterocycles. The Balaban J connectivity index is 1.65. The third kappa shape index (κ3) is 4.76. The van der Waals surface area contributed by atoms with Crippen LogP contribution < -0.4 is 4.74 Å². The van der Waals surface area contributed by atoms with Crippen molar-refractivity contribution >= 4 is 17.8 Å². The van der Waals surface area contributed by atoms with Crippen molar-refractivity contribution in [2.75, 3.05) is 0 Å². The van der Waals surface area contributed by atoms with Gasteiger partial charge in [0.25, 0.3) is 0 Å². The lowest BCUT2D eigenvalue weighted by Gasteiger charge is -2.05. The number of ether oxygens (including phenoxy) is 1. The highest BCUT2D eigenvalue weighted by atomic mass is 19.1. The van der Waals surface area contributed by atoms with Gasteiger partial charge in [0.1, 0.15) is 11.6 Å². The van der Waals surface area contributed by atoms with Gasteiger partial charge in [-0.3, -0.25) is 4.79 Å². The van der Waals surface area contributed by atoms with Gasteiger partial charge in [-0.2, -0.15) is 0 Å². The summed E-state index contributed by atoms with van der Waals surface area (Å²) in [5, 5.41) is 0. The predicted octanol–water partition coefficient (Wildman–Crippen LogP) is 5.25. The molecule has 3 rings (SSSR count). The smallest absolute Gasteiger partial charge is 0.346 e. The molecular weight excluding hydrogens is 343 g/mol. The Morgan fingerprint density at radius 3 is 2.22 bits per heavy atom. The lowest BCUT2D eigenvalue weighted by atomic mass is 10.1. The Hall–Kier alpha value is -3.53. The number of hydrogen-bond donors (Lipinski definition) is 0. The predicted molar refractivity (Wildman–Crippen MR) is 102 cm³/mol. The Kier molecular flexibility index (Phi) is 5.57. The first-order valence-electron chi connectivity index (χ1n) is 8.39. The first-order chi connectivity index (χ1) is 13.0. The van der Waals surface area contributed by atoms with Crippen LogP contribution >= 0.6 is 0 Å². The van der Waals surface area contributed by atoms with Crippen LogP contribution in [-0.2, 0) is 0 Å². The van der Waals surface area contributed by atoms with E-state index in [0.29, 0.717) is 11.3 Å². The summed E-state index contributed by atoms with van der Waals surface area (Å²) in [6, 6.07) is 19.6. The number of benzene rings is 3. The van der Waals surface area contributed by atoms with Crippen molar-refractivity contribution < 1.29 is 18.7 Å². The fourth-order valence-electron chi connectivity index (χ4n) is 2.42. The first-order valence-corrected chi connectivity index (χ1v) is 8.39. The minimum absolute atomic E-state index is 0.0925. The van der Waals surface area contributed by atoms with Gasteiger partial charge in [0.05, 0.1) is 5.56 Å². The summed E-state index contributed by atoms with van der Waals surface area (Å²) in [5.41, 5.74) is 2.37. The van der Waals surface area contributed by atoms with E-state index in [9.17, 15) is 14.0 Å². The van der Waals surface area contributed by atoms with Gasteiger partial charge >= 0.3 is 5.97 Å². The number of esters is 1. The molecule has 3 aromatic carbocycles. The van der Waals surface area contributed by atoms with Crippen molar-refractivity contribution in [3.8, 4) is 5.75 Å². The molecule has 0 fully saturated rings. The quantitative estimate of drug-likeness (QED) is 0.270. The van der Waals surface area contributed by atoms with Gasteiger partial charge in [-0.1, -0.05) is 60.2 Å². The number of halogens is 1. The van der Waals surface area contributed by atoms with Crippen molar-refractivity contribution in [3.05, 3.63) is 107 Å². The third-order valence-corrected chi connectivity index (χ3v) is 3.95. The summed E-state index contributed by atoms with van der Waals surface area (Å²) >= 11 is 0. The summed E-state index contributed by atoms with van der Waals surface area (Å²) in [6.45, 7) is 1.96. The average molecular weight is 360 g/mol. The fourth-order valence-corrected chi connectivity index (χ4v) is 2.42. The van der Waals surface area contributed by atoms with E-state index in [2.05, 4.69) is 0 Å². The second kappa shape index (κ2) is 8.23. The van der Waals surface area contributed by atoms with Crippen molar-refractivity contribution in [2.24, 2.45) is 0 Å². The molecule has 0 atom stereocenters. The topological polar surface area (TPSA) is 43.4 Å². The minimum atomic E-state index is -0.758. The number of carbonyl (C=O) groups excluding carboxylic acids is 2. The molecule has 0 saturated heterocycles. The number of ketones is 1. The normalized spacial score (nSPS) is 10.7. The van der Waals surface area contributed by atoms with Gasteiger partial charge in [-0.05, 0) is 42.8 Å². The van der Waals surface area contributed by atoms with Crippen LogP contribution in [0.15, 0.2) is 78.9 Å². The van der Waals surface area contributed by atoms with Gasteiger partial charge < -0.3 is 4.74 Å². The van der Waals surface area contributed by atoms with E-state index in [1.54, 1.807) is 48.5 Å². The molecule has 0 aliphatic rings. The van der Waals surface area contributed by atoms with Crippen LogP contribution in [0.25, 0.3) is 6.08 Å². The van der Waals surface area contributed by atoms with Crippen molar-refractivity contribution in [1.82, 2.24) is 0 Å². The SMILES string of the molecule is Cc1ccc(C(=O)/C=C/c2ccc(OC(=O)c3ccccc3F)cc2)cc1. The zero-order valence-electron chi connectivity index (χ0n) is 14.7. The van der Waals surface area contributed by atoms with Crippen LogP contribution in [0, 0.1) is 12.7 Å². The van der Waals surface area contributed by atoms with Gasteiger partial charge in [-0.25, -0.2) is 9.18 Å². The summed E-state index contributed by atoms with van der Waals surface area (Å²) in [6.07, 6.45) is 3.18. The molecule has 0 aliphatic carbocycles. The van der Waals surface area contributed by atoms with Crippen LogP contribution in [0.2, 0.25) is 0 Å². The fraction of sp³-hybridized carbons (Fsp3) is 0.0435. The minimum Gasteiger partial charge on any atom is -0.423 e. The molecule has 0 saturated carbocycles. The van der Waals surface area contributed by atoms with Crippen LogP contribution in [-0.4, -0.2) is 11.8 Å². The molecular formula is C23H17FO3. The molecule has 0 heterocycles. The molecule has 27 heavy (non-hydrogen) atoms. The van der Waals surface area contributed by atoms with Gasteiger partial charge in [0.2, 0.25) is 0 Å². The van der Waals surface area contributed by atoms with Crippen molar-refractivity contribution in [2.45, 2.75) is 6.92 Å². The molecule has 4 heteroatoms. The van der Waals surface area contributed by atoms with E-state index in [0.717, 1.165) is 11.1 Å². The van der Waals surface area contributed by atoms with E-state index >= 15 is 0 Å². The lowest BCUT2D eigenvalue weighted by Crippen LogP contribution is -2.10. The number of aryl methyl sites for hydroxylation is 1. The van der Waals surface area contributed by atoms with E-state index in [1.165, 1.54) is 24.3 Å². The molecule has 3 aromatic rings. The average Bonchev–Trinajstić information content (AvgIpc) is 2.68.